The molecule has 186 valence electrons. The number of imide groups is 1. The van der Waals surface area contributed by atoms with Crippen LogP contribution in [0, 0.1) is 0 Å². The molecule has 1 fully saturated rings. The van der Waals surface area contributed by atoms with Crippen LogP contribution >= 0.6 is 11.6 Å². The molecule has 1 atom stereocenters. The van der Waals surface area contributed by atoms with Gasteiger partial charge < -0.3 is 19.7 Å². The van der Waals surface area contributed by atoms with Gasteiger partial charge in [-0.15, -0.1) is 0 Å². The first-order valence-electron chi connectivity index (χ1n) is 11.6. The van der Waals surface area contributed by atoms with Crippen molar-refractivity contribution in [1.29, 1.82) is 0 Å². The predicted octanol–water partition coefficient (Wildman–Crippen LogP) is 3.42. The van der Waals surface area contributed by atoms with E-state index in [0.29, 0.717) is 42.4 Å². The van der Waals surface area contributed by atoms with E-state index >= 15 is 0 Å². The monoisotopic (exact) mass is 500 g/mol. The van der Waals surface area contributed by atoms with Gasteiger partial charge in [-0.05, 0) is 40.0 Å². The van der Waals surface area contributed by atoms with Gasteiger partial charge in [-0.3, -0.25) is 9.69 Å². The molecule has 0 saturated carbocycles. The number of aromatic nitrogens is 2. The Labute approximate surface area is 209 Å². The molecule has 2 aromatic rings. The molecule has 35 heavy (non-hydrogen) atoms. The Bertz CT molecular complexity index is 1180. The summed E-state index contributed by atoms with van der Waals surface area (Å²) in [4.78, 5) is 40.6. The van der Waals surface area contributed by atoms with Crippen molar-refractivity contribution in [2.75, 3.05) is 43.6 Å². The van der Waals surface area contributed by atoms with Crippen LogP contribution in [0.2, 0.25) is 5.15 Å². The summed E-state index contributed by atoms with van der Waals surface area (Å²) in [5.41, 5.74) is 2.55. The molecule has 11 heteroatoms. The van der Waals surface area contributed by atoms with E-state index in [1.165, 1.54) is 6.20 Å². The summed E-state index contributed by atoms with van der Waals surface area (Å²) in [5, 5.41) is 3.41. The minimum absolute atomic E-state index is 0.00522. The summed E-state index contributed by atoms with van der Waals surface area (Å²) < 4.78 is 11.1. The number of amides is 2. The van der Waals surface area contributed by atoms with Crippen LogP contribution in [0.4, 0.5) is 22.0 Å². The van der Waals surface area contributed by atoms with Gasteiger partial charge in [0.25, 0.3) is 5.91 Å². The number of nitrogens with one attached hydrogen (secondary N) is 1. The zero-order valence-corrected chi connectivity index (χ0v) is 21.1. The first-order chi connectivity index (χ1) is 16.6. The third kappa shape index (κ3) is 4.65. The molecule has 3 aliphatic heterocycles. The summed E-state index contributed by atoms with van der Waals surface area (Å²) in [6.45, 7) is 9.06. The molecule has 5 rings (SSSR count). The van der Waals surface area contributed by atoms with Crippen molar-refractivity contribution in [3.8, 4) is 0 Å². The van der Waals surface area contributed by atoms with Gasteiger partial charge in [-0.2, -0.15) is 0 Å². The molecular formula is C24H29ClN6O4. The van der Waals surface area contributed by atoms with E-state index in [9.17, 15) is 9.59 Å². The first kappa shape index (κ1) is 23.8. The highest BCUT2D eigenvalue weighted by Crippen LogP contribution is 2.36. The highest BCUT2D eigenvalue weighted by atomic mass is 35.5. The van der Waals surface area contributed by atoms with Gasteiger partial charge in [0.05, 0.1) is 54.6 Å². The van der Waals surface area contributed by atoms with Crippen molar-refractivity contribution in [3.05, 3.63) is 40.3 Å². The molecule has 0 aliphatic carbocycles. The molecule has 0 aromatic carbocycles. The zero-order chi connectivity index (χ0) is 24.9. The smallest absolute Gasteiger partial charge is 0.417 e. The van der Waals surface area contributed by atoms with Gasteiger partial charge in [0.2, 0.25) is 0 Å². The average Bonchev–Trinajstić information content (AvgIpc) is 3.06. The van der Waals surface area contributed by atoms with E-state index in [4.69, 9.17) is 26.1 Å². The van der Waals surface area contributed by atoms with Crippen molar-refractivity contribution in [2.45, 2.75) is 45.5 Å². The molecule has 5 heterocycles. The van der Waals surface area contributed by atoms with Gasteiger partial charge in [-0.25, -0.2) is 19.7 Å². The van der Waals surface area contributed by atoms with Crippen LogP contribution in [-0.2, 0) is 22.6 Å². The highest BCUT2D eigenvalue weighted by molar-refractivity contribution is 6.31. The quantitative estimate of drug-likeness (QED) is 0.621. The van der Waals surface area contributed by atoms with E-state index in [1.807, 2.05) is 6.07 Å². The van der Waals surface area contributed by atoms with Crippen LogP contribution in [0.25, 0.3) is 0 Å². The van der Waals surface area contributed by atoms with Crippen molar-refractivity contribution in [3.63, 3.8) is 0 Å². The van der Waals surface area contributed by atoms with Crippen LogP contribution in [0.3, 0.4) is 0 Å². The second-order valence-corrected chi connectivity index (χ2v) is 10.5. The number of morpholine rings is 1. The van der Waals surface area contributed by atoms with Crippen LogP contribution < -0.4 is 10.2 Å². The predicted molar refractivity (Wildman–Crippen MR) is 131 cm³/mol. The van der Waals surface area contributed by atoms with Crippen LogP contribution in [0.5, 0.6) is 0 Å². The largest absolute Gasteiger partial charge is 0.443 e. The Balaban J connectivity index is 1.44. The van der Waals surface area contributed by atoms with Crippen molar-refractivity contribution < 1.29 is 19.1 Å². The molecule has 1 N–H and O–H groups in total. The molecular weight excluding hydrogens is 472 g/mol. The lowest BCUT2D eigenvalue weighted by Gasteiger charge is -2.37. The number of hydrogen-bond acceptors (Lipinski definition) is 9. The van der Waals surface area contributed by atoms with Crippen LogP contribution in [0.15, 0.2) is 18.3 Å². The molecule has 0 bridgehead atoms. The highest BCUT2D eigenvalue weighted by Gasteiger charge is 2.39. The molecule has 10 nitrogen and oxygen atoms in total. The number of anilines is 3. The third-order valence-corrected chi connectivity index (χ3v) is 6.53. The minimum atomic E-state index is -0.728. The van der Waals surface area contributed by atoms with E-state index < -0.39 is 17.6 Å². The summed E-state index contributed by atoms with van der Waals surface area (Å²) in [6.07, 6.45) is 0.779. The molecule has 2 amide bonds. The topological polar surface area (TPSA) is 100 Å². The Kier molecular flexibility index (Phi) is 6.06. The normalized spacial score (nSPS) is 20.1. The lowest BCUT2D eigenvalue weighted by Crippen LogP contribution is -2.49. The van der Waals surface area contributed by atoms with Crippen molar-refractivity contribution >= 4 is 40.8 Å². The average molecular weight is 501 g/mol. The van der Waals surface area contributed by atoms with E-state index in [1.54, 1.807) is 20.8 Å². The Morgan fingerprint density at radius 1 is 1.29 bits per heavy atom. The molecule has 0 spiro atoms. The van der Waals surface area contributed by atoms with E-state index in [0.717, 1.165) is 29.4 Å². The summed E-state index contributed by atoms with van der Waals surface area (Å²) in [7, 11) is 2.07. The zero-order valence-electron chi connectivity index (χ0n) is 20.3. The minimum Gasteiger partial charge on any atom is -0.443 e. The second kappa shape index (κ2) is 8.92. The fraction of sp³-hybridized carbons (Fsp3) is 0.500. The summed E-state index contributed by atoms with van der Waals surface area (Å²) >= 11 is 6.30. The lowest BCUT2D eigenvalue weighted by atomic mass is 10.1. The lowest BCUT2D eigenvalue weighted by molar-refractivity contribution is 0.0248. The molecule has 2 aromatic heterocycles. The number of likely N-dealkylation sites (N-methyl/N-ethyl adjacent to an activating group) is 1. The van der Waals surface area contributed by atoms with Crippen molar-refractivity contribution in [2.24, 2.45) is 0 Å². The molecule has 1 saturated heterocycles. The number of hydrogen-bond donors (Lipinski definition) is 1. The summed E-state index contributed by atoms with van der Waals surface area (Å²) in [6, 6.07) is 4.24. The fourth-order valence-electron chi connectivity index (χ4n) is 4.72. The third-order valence-electron chi connectivity index (χ3n) is 6.21. The molecule has 0 radical (unpaired) electrons. The maximum Gasteiger partial charge on any atom is 0.417 e. The van der Waals surface area contributed by atoms with Gasteiger partial charge in [0, 0.05) is 25.2 Å². The maximum atomic E-state index is 13.2. The SMILES string of the molecule is CN1Cc2nc(Nc3cnc(Cl)c4c3C(=O)N(C(=O)OC(C)(C)C)C4)ccc2N2CCOCC2C1. The van der Waals surface area contributed by atoms with Gasteiger partial charge >= 0.3 is 6.09 Å². The van der Waals surface area contributed by atoms with Gasteiger partial charge in [-0.1, -0.05) is 11.6 Å². The number of pyridine rings is 2. The number of carbonyl (C=O) groups excluding carboxylic acids is 2. The number of carbonyl (C=O) groups is 2. The Hall–Kier alpha value is -2.95. The number of ether oxygens (including phenoxy) is 2. The van der Waals surface area contributed by atoms with Crippen LogP contribution in [-0.4, -0.2) is 76.8 Å². The number of halogens is 1. The standard InChI is InChI=1S/C24H29ClN6O4/c1-24(2,3)35-23(33)31-11-15-20(22(31)32)16(9-26-21(15)25)27-19-6-5-18-17(28-19)12-29(4)10-14-13-34-8-7-30(14)18/h5-6,9,14H,7-8,10-13H2,1-4H3,(H,27,28). The van der Waals surface area contributed by atoms with E-state index in [2.05, 4.69) is 33.2 Å². The number of rotatable bonds is 2. The first-order valence-corrected chi connectivity index (χ1v) is 12.0. The summed E-state index contributed by atoms with van der Waals surface area (Å²) in [5.74, 6) is 0.102. The molecule has 1 unspecified atom stereocenters. The van der Waals surface area contributed by atoms with E-state index in [-0.39, 0.29) is 17.7 Å². The number of nitrogens with zero attached hydrogens (tertiary/aromatic N) is 5. The second-order valence-electron chi connectivity index (χ2n) is 10.1. The van der Waals surface area contributed by atoms with Gasteiger partial charge in [0.1, 0.15) is 16.6 Å². The fourth-order valence-corrected chi connectivity index (χ4v) is 4.93. The number of fused-ring (bicyclic) bond motifs is 4. The maximum absolute atomic E-state index is 13.2. The molecule has 3 aliphatic rings. The Morgan fingerprint density at radius 2 is 2.09 bits per heavy atom. The Morgan fingerprint density at radius 3 is 2.86 bits per heavy atom. The van der Waals surface area contributed by atoms with Crippen LogP contribution in [0.1, 0.15) is 42.4 Å². The van der Waals surface area contributed by atoms with Crippen molar-refractivity contribution in [1.82, 2.24) is 19.8 Å². The van der Waals surface area contributed by atoms with Gasteiger partial charge in [0.15, 0.2) is 0 Å².